The Bertz CT molecular complexity index is 919. The monoisotopic (exact) mass is 410 g/mol. The van der Waals surface area contributed by atoms with Crippen LogP contribution in [0.1, 0.15) is 18.4 Å². The van der Waals surface area contributed by atoms with Crippen LogP contribution in [0.25, 0.3) is 0 Å². The second-order valence-corrected chi connectivity index (χ2v) is 8.98. The maximum absolute atomic E-state index is 13.3. The third-order valence-corrected chi connectivity index (χ3v) is 6.57. The number of hydrogen-bond donors (Lipinski definition) is 1. The van der Waals surface area contributed by atoms with E-state index in [1.807, 2.05) is 0 Å². The van der Waals surface area contributed by atoms with E-state index in [0.29, 0.717) is 35.7 Å². The first-order chi connectivity index (χ1) is 12.8. The molecule has 0 radical (unpaired) electrons. The molecule has 1 aliphatic heterocycles. The zero-order valence-electron chi connectivity index (χ0n) is 14.6. The minimum absolute atomic E-state index is 0.122. The molecule has 2 aromatic rings. The van der Waals surface area contributed by atoms with Crippen molar-refractivity contribution in [3.05, 3.63) is 64.9 Å². The minimum atomic E-state index is -3.54. The maximum Gasteiger partial charge on any atom is 0.228 e. The summed E-state index contributed by atoms with van der Waals surface area (Å²) in [6.45, 7) is 0.511. The van der Waals surface area contributed by atoms with Crippen LogP contribution in [0.4, 0.5) is 10.1 Å². The first-order valence-electron chi connectivity index (χ1n) is 8.62. The molecule has 0 spiro atoms. The number of benzene rings is 2. The molecule has 0 aliphatic carbocycles. The number of halogens is 2. The number of carbonyl (C=O) groups is 1. The molecule has 1 saturated heterocycles. The summed E-state index contributed by atoms with van der Waals surface area (Å²) >= 11 is 5.83. The van der Waals surface area contributed by atoms with Crippen molar-refractivity contribution in [2.75, 3.05) is 18.4 Å². The average molecular weight is 411 g/mol. The Morgan fingerprint density at radius 1 is 1.22 bits per heavy atom. The van der Waals surface area contributed by atoms with Gasteiger partial charge in [0.05, 0.1) is 11.7 Å². The van der Waals surface area contributed by atoms with E-state index in [2.05, 4.69) is 5.32 Å². The fourth-order valence-electron chi connectivity index (χ4n) is 3.10. The molecular weight excluding hydrogens is 391 g/mol. The summed E-state index contributed by atoms with van der Waals surface area (Å²) in [6.07, 6.45) is 1.19. The molecule has 0 bridgehead atoms. The molecule has 1 atom stereocenters. The summed E-state index contributed by atoms with van der Waals surface area (Å²) in [5.74, 6) is -1.35. The number of sulfonamides is 1. The van der Waals surface area contributed by atoms with Crippen LogP contribution in [0.5, 0.6) is 0 Å². The minimum Gasteiger partial charge on any atom is -0.326 e. The highest BCUT2D eigenvalue weighted by molar-refractivity contribution is 7.88. The van der Waals surface area contributed by atoms with Gasteiger partial charge in [0.2, 0.25) is 15.9 Å². The van der Waals surface area contributed by atoms with Crippen LogP contribution in [0, 0.1) is 11.7 Å². The summed E-state index contributed by atoms with van der Waals surface area (Å²) < 4.78 is 40.1. The summed E-state index contributed by atoms with van der Waals surface area (Å²) in [4.78, 5) is 12.5. The molecule has 1 N–H and O–H groups in total. The zero-order valence-corrected chi connectivity index (χ0v) is 16.1. The largest absolute Gasteiger partial charge is 0.326 e. The third-order valence-electron chi connectivity index (χ3n) is 4.50. The van der Waals surface area contributed by atoms with E-state index in [4.69, 9.17) is 11.6 Å². The van der Waals surface area contributed by atoms with Crippen molar-refractivity contribution in [2.45, 2.75) is 18.6 Å². The van der Waals surface area contributed by atoms with Crippen molar-refractivity contribution in [2.24, 2.45) is 5.92 Å². The van der Waals surface area contributed by atoms with E-state index in [-0.39, 0.29) is 18.2 Å². The number of nitrogens with one attached hydrogen (secondary N) is 1. The molecule has 2 aromatic carbocycles. The number of carbonyl (C=O) groups excluding carboxylic acids is 1. The molecule has 1 heterocycles. The molecule has 5 nitrogen and oxygen atoms in total. The Hall–Kier alpha value is -1.96. The maximum atomic E-state index is 13.3. The molecule has 0 aromatic heterocycles. The second kappa shape index (κ2) is 8.37. The number of amides is 1. The Morgan fingerprint density at radius 3 is 2.67 bits per heavy atom. The first kappa shape index (κ1) is 19.8. The lowest BCUT2D eigenvalue weighted by Gasteiger charge is -2.31. The Labute approximate surface area is 163 Å². The van der Waals surface area contributed by atoms with Crippen molar-refractivity contribution >= 4 is 33.2 Å². The van der Waals surface area contributed by atoms with Gasteiger partial charge in [-0.25, -0.2) is 17.1 Å². The first-order valence-corrected chi connectivity index (χ1v) is 10.6. The summed E-state index contributed by atoms with van der Waals surface area (Å²) in [5, 5.41) is 3.21. The fraction of sp³-hybridized carbons (Fsp3) is 0.316. The molecule has 1 aliphatic rings. The highest BCUT2D eigenvalue weighted by Crippen LogP contribution is 2.23. The van der Waals surface area contributed by atoms with Gasteiger partial charge in [-0.05, 0) is 48.7 Å². The lowest BCUT2D eigenvalue weighted by atomic mass is 9.99. The van der Waals surface area contributed by atoms with Crippen molar-refractivity contribution in [3.8, 4) is 0 Å². The van der Waals surface area contributed by atoms with E-state index in [1.165, 1.54) is 22.5 Å². The van der Waals surface area contributed by atoms with Gasteiger partial charge in [0.25, 0.3) is 0 Å². The smallest absolute Gasteiger partial charge is 0.228 e. The molecule has 8 heteroatoms. The number of rotatable bonds is 5. The molecule has 27 heavy (non-hydrogen) atoms. The van der Waals surface area contributed by atoms with E-state index in [0.717, 1.165) is 0 Å². The van der Waals surface area contributed by atoms with Gasteiger partial charge < -0.3 is 5.32 Å². The van der Waals surface area contributed by atoms with Gasteiger partial charge in [-0.2, -0.15) is 0 Å². The highest BCUT2D eigenvalue weighted by atomic mass is 35.5. The van der Waals surface area contributed by atoms with Crippen LogP contribution in [0.3, 0.4) is 0 Å². The molecular formula is C19H20ClFN2O3S. The van der Waals surface area contributed by atoms with Crippen LogP contribution in [0.15, 0.2) is 48.5 Å². The molecule has 1 amide bonds. The second-order valence-electron chi connectivity index (χ2n) is 6.58. The van der Waals surface area contributed by atoms with Crippen LogP contribution in [-0.4, -0.2) is 31.7 Å². The van der Waals surface area contributed by atoms with E-state index in [9.17, 15) is 17.6 Å². The van der Waals surface area contributed by atoms with Crippen LogP contribution >= 0.6 is 11.6 Å². The fourth-order valence-corrected chi connectivity index (χ4v) is 4.84. The van der Waals surface area contributed by atoms with Gasteiger partial charge in [-0.3, -0.25) is 4.79 Å². The SMILES string of the molecule is O=C(Nc1cccc(F)c1)[C@@H]1CCCN(S(=O)(=O)Cc2ccc(Cl)cc2)C1. The van der Waals surface area contributed by atoms with Crippen LogP contribution < -0.4 is 5.32 Å². The predicted octanol–water partition coefficient (Wildman–Crippen LogP) is 3.66. The third kappa shape index (κ3) is 5.28. The predicted molar refractivity (Wildman–Crippen MR) is 103 cm³/mol. The molecule has 144 valence electrons. The zero-order chi connectivity index (χ0) is 19.4. The van der Waals surface area contributed by atoms with Crippen molar-refractivity contribution in [1.29, 1.82) is 0 Å². The molecule has 0 unspecified atom stereocenters. The van der Waals surface area contributed by atoms with Gasteiger partial charge in [-0.15, -0.1) is 0 Å². The number of nitrogens with zero attached hydrogens (tertiary/aromatic N) is 1. The van der Waals surface area contributed by atoms with Crippen molar-refractivity contribution in [1.82, 2.24) is 4.31 Å². The topological polar surface area (TPSA) is 66.5 Å². The molecule has 1 fully saturated rings. The Morgan fingerprint density at radius 2 is 1.96 bits per heavy atom. The normalized spacial score (nSPS) is 18.2. The Balaban J connectivity index is 1.65. The lowest BCUT2D eigenvalue weighted by molar-refractivity contribution is -0.120. The van der Waals surface area contributed by atoms with E-state index in [1.54, 1.807) is 30.3 Å². The average Bonchev–Trinajstić information content (AvgIpc) is 2.63. The lowest BCUT2D eigenvalue weighted by Crippen LogP contribution is -2.44. The number of anilines is 1. The quantitative estimate of drug-likeness (QED) is 0.818. The number of hydrogen-bond acceptors (Lipinski definition) is 3. The summed E-state index contributed by atoms with van der Waals surface area (Å²) in [5.41, 5.74) is 1.01. The van der Waals surface area contributed by atoms with Gasteiger partial charge in [-0.1, -0.05) is 29.8 Å². The summed E-state index contributed by atoms with van der Waals surface area (Å²) in [6, 6.07) is 12.3. The standard InChI is InChI=1S/C19H20ClFN2O3S/c20-16-8-6-14(7-9-16)13-27(25,26)23-10-2-3-15(12-23)19(24)22-18-5-1-4-17(21)11-18/h1,4-9,11,15H,2-3,10,12-13H2,(H,22,24)/t15-/m1/s1. The van der Waals surface area contributed by atoms with E-state index < -0.39 is 21.8 Å². The van der Waals surface area contributed by atoms with Crippen molar-refractivity contribution < 1.29 is 17.6 Å². The molecule has 3 rings (SSSR count). The van der Waals surface area contributed by atoms with Crippen molar-refractivity contribution in [3.63, 3.8) is 0 Å². The van der Waals surface area contributed by atoms with Gasteiger partial charge in [0, 0.05) is 23.8 Å². The van der Waals surface area contributed by atoms with E-state index >= 15 is 0 Å². The highest BCUT2D eigenvalue weighted by Gasteiger charge is 2.32. The van der Waals surface area contributed by atoms with Gasteiger partial charge in [0.15, 0.2) is 0 Å². The van der Waals surface area contributed by atoms with Crippen LogP contribution in [-0.2, 0) is 20.6 Å². The van der Waals surface area contributed by atoms with Crippen LogP contribution in [0.2, 0.25) is 5.02 Å². The van der Waals surface area contributed by atoms with Gasteiger partial charge in [0.1, 0.15) is 5.82 Å². The Kier molecular flexibility index (Phi) is 6.14. The number of piperidine rings is 1. The summed E-state index contributed by atoms with van der Waals surface area (Å²) in [7, 11) is -3.54. The van der Waals surface area contributed by atoms with Gasteiger partial charge >= 0.3 is 0 Å². The molecule has 0 saturated carbocycles.